The Bertz CT molecular complexity index is 689. The molecule has 0 bridgehead atoms. The maximum absolute atomic E-state index is 12.0. The van der Waals surface area contributed by atoms with Gasteiger partial charge in [0.25, 0.3) is 5.91 Å². The number of nitrogens with zero attached hydrogens (tertiary/aromatic N) is 1. The van der Waals surface area contributed by atoms with Crippen LogP contribution in [-0.4, -0.2) is 22.0 Å². The van der Waals surface area contributed by atoms with Crippen LogP contribution in [0.25, 0.3) is 0 Å². The normalized spacial score (nSPS) is 10.1. The summed E-state index contributed by atoms with van der Waals surface area (Å²) in [5.41, 5.74) is 0.0589. The topological polar surface area (TPSA) is 79.3 Å². The molecule has 0 saturated carbocycles. The van der Waals surface area contributed by atoms with E-state index in [1.165, 1.54) is 36.4 Å². The number of pyridine rings is 1. The van der Waals surface area contributed by atoms with Crippen molar-refractivity contribution in [3.63, 3.8) is 0 Å². The predicted octanol–water partition coefficient (Wildman–Crippen LogP) is 3.34. The summed E-state index contributed by atoms with van der Waals surface area (Å²) in [5.74, 6) is -1.55. The van der Waals surface area contributed by atoms with Gasteiger partial charge < -0.3 is 10.4 Å². The van der Waals surface area contributed by atoms with Gasteiger partial charge in [-0.3, -0.25) is 4.79 Å². The van der Waals surface area contributed by atoms with Crippen LogP contribution in [0, 0.1) is 0 Å². The molecule has 102 valence electrons. The summed E-state index contributed by atoms with van der Waals surface area (Å²) < 4.78 is 0. The molecule has 0 aliphatic heterocycles. The number of nitrogens with one attached hydrogen (secondary N) is 1. The summed E-state index contributed by atoms with van der Waals surface area (Å²) in [6, 6.07) is 8.74. The van der Waals surface area contributed by atoms with Crippen LogP contribution in [0.1, 0.15) is 20.8 Å². The van der Waals surface area contributed by atoms with Gasteiger partial charge in [0, 0.05) is 5.02 Å². The number of aromatic carboxylic acids is 1. The Kier molecular flexibility index (Phi) is 4.22. The van der Waals surface area contributed by atoms with Gasteiger partial charge in [-0.2, -0.15) is 0 Å². The number of carbonyl (C=O) groups excluding carboxylic acids is 1. The molecule has 0 spiro atoms. The second-order valence-corrected chi connectivity index (χ2v) is 4.64. The molecule has 1 aromatic carbocycles. The van der Waals surface area contributed by atoms with Crippen LogP contribution in [0.3, 0.4) is 0 Å². The molecular weight excluding hydrogens is 303 g/mol. The van der Waals surface area contributed by atoms with E-state index in [0.717, 1.165) is 0 Å². The highest BCUT2D eigenvalue weighted by Crippen LogP contribution is 2.21. The summed E-state index contributed by atoms with van der Waals surface area (Å²) in [5, 5.41) is 11.9. The Labute approximate surface area is 124 Å². The third kappa shape index (κ3) is 3.26. The molecule has 0 aliphatic carbocycles. The summed E-state index contributed by atoms with van der Waals surface area (Å²) >= 11 is 11.7. The van der Waals surface area contributed by atoms with Gasteiger partial charge >= 0.3 is 5.97 Å². The number of benzene rings is 1. The number of carboxylic acids is 1. The molecule has 2 N–H and O–H groups in total. The number of halogens is 2. The average molecular weight is 311 g/mol. The number of aromatic nitrogens is 1. The van der Waals surface area contributed by atoms with Gasteiger partial charge in [-0.05, 0) is 30.3 Å². The molecule has 1 aromatic heterocycles. The van der Waals surface area contributed by atoms with Gasteiger partial charge in [0.15, 0.2) is 5.69 Å². The average Bonchev–Trinajstić information content (AvgIpc) is 2.38. The highest BCUT2D eigenvalue weighted by atomic mass is 35.5. The third-order valence-corrected chi connectivity index (χ3v) is 2.93. The molecule has 0 saturated heterocycles. The third-order valence-electron chi connectivity index (χ3n) is 2.39. The summed E-state index contributed by atoms with van der Waals surface area (Å²) in [6.45, 7) is 0. The Morgan fingerprint density at radius 1 is 1.15 bits per heavy atom. The zero-order chi connectivity index (χ0) is 14.7. The van der Waals surface area contributed by atoms with Gasteiger partial charge in [0.05, 0.1) is 10.6 Å². The van der Waals surface area contributed by atoms with Crippen molar-refractivity contribution in [3.8, 4) is 0 Å². The van der Waals surface area contributed by atoms with E-state index in [1.807, 2.05) is 0 Å². The molecule has 2 aromatic rings. The maximum Gasteiger partial charge on any atom is 0.354 e. The minimum absolute atomic E-state index is 0.126. The first-order valence-electron chi connectivity index (χ1n) is 5.44. The van der Waals surface area contributed by atoms with Crippen LogP contribution < -0.4 is 5.32 Å². The summed E-state index contributed by atoms with van der Waals surface area (Å²) in [4.78, 5) is 26.6. The molecule has 20 heavy (non-hydrogen) atoms. The lowest BCUT2D eigenvalue weighted by atomic mass is 10.2. The van der Waals surface area contributed by atoms with Gasteiger partial charge in [0.2, 0.25) is 0 Å². The molecule has 0 fully saturated rings. The van der Waals surface area contributed by atoms with Crippen LogP contribution >= 0.6 is 23.2 Å². The first-order chi connectivity index (χ1) is 9.47. The summed E-state index contributed by atoms with van der Waals surface area (Å²) in [6.07, 6.45) is 0. The van der Waals surface area contributed by atoms with Crippen molar-refractivity contribution < 1.29 is 14.7 Å². The fourth-order valence-corrected chi connectivity index (χ4v) is 1.98. The van der Waals surface area contributed by atoms with E-state index < -0.39 is 11.9 Å². The van der Waals surface area contributed by atoms with Gasteiger partial charge in [-0.15, -0.1) is 0 Å². The van der Waals surface area contributed by atoms with Crippen LogP contribution in [0.4, 0.5) is 5.82 Å². The lowest BCUT2D eigenvalue weighted by molar-refractivity contribution is 0.0690. The van der Waals surface area contributed by atoms with E-state index in [0.29, 0.717) is 5.02 Å². The standard InChI is InChI=1S/C13H8Cl2N2O3/c14-7-4-5-8(9(15)6-7)12(18)17-11-3-1-2-10(16-11)13(19)20/h1-6H,(H,19,20)(H,16,17,18). The fraction of sp³-hybridized carbons (Fsp3) is 0. The quantitative estimate of drug-likeness (QED) is 0.911. The van der Waals surface area contributed by atoms with E-state index in [4.69, 9.17) is 28.3 Å². The molecule has 0 aliphatic rings. The Morgan fingerprint density at radius 2 is 1.90 bits per heavy atom. The predicted molar refractivity (Wildman–Crippen MR) is 75.6 cm³/mol. The van der Waals surface area contributed by atoms with Crippen LogP contribution in [0.5, 0.6) is 0 Å². The SMILES string of the molecule is O=C(O)c1cccc(NC(=O)c2ccc(Cl)cc2Cl)n1. The van der Waals surface area contributed by atoms with Crippen molar-refractivity contribution in [1.29, 1.82) is 0 Å². The number of hydrogen-bond donors (Lipinski definition) is 2. The van der Waals surface area contributed by atoms with Crippen molar-refractivity contribution >= 4 is 40.9 Å². The number of carboxylic acid groups (broad SMARTS) is 1. The monoisotopic (exact) mass is 310 g/mol. The largest absolute Gasteiger partial charge is 0.477 e. The van der Waals surface area contributed by atoms with Crippen molar-refractivity contribution in [3.05, 3.63) is 57.7 Å². The van der Waals surface area contributed by atoms with Crippen LogP contribution in [0.15, 0.2) is 36.4 Å². The second-order valence-electron chi connectivity index (χ2n) is 3.79. The molecule has 2 rings (SSSR count). The first kappa shape index (κ1) is 14.3. The Balaban J connectivity index is 2.23. The Hall–Kier alpha value is -2.11. The zero-order valence-corrected chi connectivity index (χ0v) is 11.4. The highest BCUT2D eigenvalue weighted by molar-refractivity contribution is 6.37. The molecule has 7 heteroatoms. The van der Waals surface area contributed by atoms with E-state index in [2.05, 4.69) is 10.3 Å². The lowest BCUT2D eigenvalue weighted by Crippen LogP contribution is -2.14. The molecule has 5 nitrogen and oxygen atoms in total. The van der Waals surface area contributed by atoms with Crippen LogP contribution in [0.2, 0.25) is 10.0 Å². The minimum atomic E-state index is -1.18. The second kappa shape index (κ2) is 5.90. The molecule has 0 radical (unpaired) electrons. The van der Waals surface area contributed by atoms with E-state index in [-0.39, 0.29) is 22.1 Å². The number of amides is 1. The summed E-state index contributed by atoms with van der Waals surface area (Å²) in [7, 11) is 0. The van der Waals surface area contributed by atoms with E-state index >= 15 is 0 Å². The van der Waals surface area contributed by atoms with Gasteiger partial charge in [-0.25, -0.2) is 9.78 Å². The van der Waals surface area contributed by atoms with Crippen molar-refractivity contribution in [2.24, 2.45) is 0 Å². The fourth-order valence-electron chi connectivity index (χ4n) is 1.48. The number of anilines is 1. The number of carbonyl (C=O) groups is 2. The molecule has 1 amide bonds. The van der Waals surface area contributed by atoms with E-state index in [9.17, 15) is 9.59 Å². The van der Waals surface area contributed by atoms with Crippen molar-refractivity contribution in [2.75, 3.05) is 5.32 Å². The van der Waals surface area contributed by atoms with Gasteiger partial charge in [-0.1, -0.05) is 29.3 Å². The smallest absolute Gasteiger partial charge is 0.354 e. The van der Waals surface area contributed by atoms with Crippen molar-refractivity contribution in [1.82, 2.24) is 4.98 Å². The zero-order valence-electron chi connectivity index (χ0n) is 9.93. The van der Waals surface area contributed by atoms with Crippen molar-refractivity contribution in [2.45, 2.75) is 0 Å². The molecule has 1 heterocycles. The maximum atomic E-state index is 12.0. The Morgan fingerprint density at radius 3 is 2.55 bits per heavy atom. The van der Waals surface area contributed by atoms with Crippen LogP contribution in [-0.2, 0) is 0 Å². The minimum Gasteiger partial charge on any atom is -0.477 e. The van der Waals surface area contributed by atoms with Gasteiger partial charge in [0.1, 0.15) is 5.82 Å². The molecule has 0 unspecified atom stereocenters. The molecule has 0 atom stereocenters. The first-order valence-corrected chi connectivity index (χ1v) is 6.20. The number of hydrogen-bond acceptors (Lipinski definition) is 3. The highest BCUT2D eigenvalue weighted by Gasteiger charge is 2.12. The molecular formula is C13H8Cl2N2O3. The number of rotatable bonds is 3. The van der Waals surface area contributed by atoms with E-state index in [1.54, 1.807) is 0 Å². The lowest BCUT2D eigenvalue weighted by Gasteiger charge is -2.06.